The summed E-state index contributed by atoms with van der Waals surface area (Å²) >= 11 is 0. The number of aromatic nitrogens is 1. The molecule has 0 spiro atoms. The zero-order valence-electron chi connectivity index (χ0n) is 12.1. The summed E-state index contributed by atoms with van der Waals surface area (Å²) in [4.78, 5) is 4.70. The van der Waals surface area contributed by atoms with Crippen molar-refractivity contribution in [1.29, 1.82) is 0 Å². The van der Waals surface area contributed by atoms with Crippen LogP contribution in [0.1, 0.15) is 0 Å². The first kappa shape index (κ1) is 14.1. The summed E-state index contributed by atoms with van der Waals surface area (Å²) in [6.45, 7) is 2.18. The summed E-state index contributed by atoms with van der Waals surface area (Å²) in [5.41, 5.74) is 0.898. The van der Waals surface area contributed by atoms with E-state index in [2.05, 4.69) is 10.3 Å². The molecule has 0 bridgehead atoms. The van der Waals surface area contributed by atoms with Crippen molar-refractivity contribution in [3.63, 3.8) is 0 Å². The Morgan fingerprint density at radius 3 is 2.76 bits per heavy atom. The van der Waals surface area contributed by atoms with Gasteiger partial charge in [0.1, 0.15) is 10.7 Å². The molecular weight excluding hydrogens is 288 g/mol. The van der Waals surface area contributed by atoms with Gasteiger partial charge < -0.3 is 9.88 Å². The molecule has 0 aliphatic carbocycles. The second-order valence-corrected chi connectivity index (χ2v) is 7.30. The van der Waals surface area contributed by atoms with Crippen LogP contribution < -0.4 is 5.32 Å². The van der Waals surface area contributed by atoms with Gasteiger partial charge in [0, 0.05) is 37.7 Å². The molecule has 3 rings (SSSR count). The first-order valence-electron chi connectivity index (χ1n) is 6.78. The first-order valence-corrected chi connectivity index (χ1v) is 8.22. The third kappa shape index (κ3) is 2.43. The fourth-order valence-electron chi connectivity index (χ4n) is 2.46. The molecule has 0 amide bonds. The van der Waals surface area contributed by atoms with E-state index in [0.29, 0.717) is 11.4 Å². The Bertz CT molecular complexity index is 805. The van der Waals surface area contributed by atoms with Gasteiger partial charge in [0.15, 0.2) is 0 Å². The fourth-order valence-corrected chi connectivity index (χ4v) is 3.56. The number of benzene rings is 1. The van der Waals surface area contributed by atoms with E-state index in [1.807, 2.05) is 28.8 Å². The van der Waals surface area contributed by atoms with Crippen LogP contribution in [-0.2, 0) is 16.6 Å². The minimum absolute atomic E-state index is 0.335. The molecule has 1 aliphatic rings. The van der Waals surface area contributed by atoms with E-state index in [9.17, 15) is 8.42 Å². The van der Waals surface area contributed by atoms with E-state index in [1.165, 1.54) is 4.31 Å². The van der Waals surface area contributed by atoms with E-state index >= 15 is 0 Å². The number of hydrogen-bond acceptors (Lipinski definition) is 4. The minimum Gasteiger partial charge on any atom is -0.370 e. The van der Waals surface area contributed by atoms with Gasteiger partial charge in [-0.3, -0.25) is 4.99 Å². The van der Waals surface area contributed by atoms with E-state index in [4.69, 9.17) is 0 Å². The van der Waals surface area contributed by atoms with E-state index in [0.717, 1.165) is 29.8 Å². The first-order chi connectivity index (χ1) is 10.00. The third-order valence-electron chi connectivity index (χ3n) is 3.57. The number of hydrogen-bond donors (Lipinski definition) is 1. The molecule has 0 saturated carbocycles. The predicted molar refractivity (Wildman–Crippen MR) is 83.1 cm³/mol. The van der Waals surface area contributed by atoms with E-state index < -0.39 is 10.0 Å². The van der Waals surface area contributed by atoms with Gasteiger partial charge in [0.2, 0.25) is 10.0 Å². The van der Waals surface area contributed by atoms with Gasteiger partial charge in [-0.2, -0.15) is 0 Å². The number of fused-ring (bicyclic) bond motifs is 1. The van der Waals surface area contributed by atoms with Crippen molar-refractivity contribution in [2.45, 2.75) is 11.4 Å². The van der Waals surface area contributed by atoms with E-state index in [1.54, 1.807) is 20.3 Å². The minimum atomic E-state index is -3.46. The Labute approximate surface area is 124 Å². The van der Waals surface area contributed by atoms with Crippen LogP contribution in [0.3, 0.4) is 0 Å². The number of nitrogens with one attached hydrogen (secondary N) is 1. The van der Waals surface area contributed by atoms with Crippen molar-refractivity contribution in [3.05, 3.63) is 30.5 Å². The lowest BCUT2D eigenvalue weighted by molar-refractivity contribution is 0.521. The molecule has 0 unspecified atom stereocenters. The Hall–Kier alpha value is -1.86. The summed E-state index contributed by atoms with van der Waals surface area (Å²) in [7, 11) is -0.373. The smallest absolute Gasteiger partial charge is 0.244 e. The van der Waals surface area contributed by atoms with Crippen molar-refractivity contribution < 1.29 is 8.42 Å². The lowest BCUT2D eigenvalue weighted by Crippen LogP contribution is -2.23. The summed E-state index contributed by atoms with van der Waals surface area (Å²) in [5, 5.41) is 3.95. The molecular formula is C14H18N4O2S. The van der Waals surface area contributed by atoms with Crippen LogP contribution in [-0.4, -0.2) is 50.3 Å². The monoisotopic (exact) mass is 306 g/mol. The van der Waals surface area contributed by atoms with Gasteiger partial charge in [-0.15, -0.1) is 0 Å². The molecule has 0 atom stereocenters. The van der Waals surface area contributed by atoms with Crippen molar-refractivity contribution in [2.24, 2.45) is 4.99 Å². The molecule has 0 fully saturated rings. The summed E-state index contributed by atoms with van der Waals surface area (Å²) in [6.07, 6.45) is 1.70. The second-order valence-electron chi connectivity index (χ2n) is 5.18. The SMILES string of the molecule is CN(C)S(=O)(=O)c1cn(CC2=NCCN2)c2ccccc12. The third-order valence-corrected chi connectivity index (χ3v) is 5.42. The highest BCUT2D eigenvalue weighted by atomic mass is 32.2. The van der Waals surface area contributed by atoms with Crippen LogP contribution in [0.2, 0.25) is 0 Å². The average molecular weight is 306 g/mol. The highest BCUT2D eigenvalue weighted by Gasteiger charge is 2.23. The summed E-state index contributed by atoms with van der Waals surface area (Å²) in [5.74, 6) is 0.893. The number of rotatable bonds is 4. The molecule has 21 heavy (non-hydrogen) atoms. The zero-order valence-corrected chi connectivity index (χ0v) is 12.9. The quantitative estimate of drug-likeness (QED) is 0.912. The molecule has 7 heteroatoms. The molecule has 1 N–H and O–H groups in total. The van der Waals surface area contributed by atoms with Gasteiger partial charge in [-0.05, 0) is 6.07 Å². The molecule has 112 valence electrons. The lowest BCUT2D eigenvalue weighted by atomic mass is 10.2. The van der Waals surface area contributed by atoms with Crippen LogP contribution in [0.25, 0.3) is 10.9 Å². The standard InChI is InChI=1S/C14H18N4O2S/c1-17(2)21(19,20)13-9-18(10-14-15-7-8-16-14)12-6-4-3-5-11(12)13/h3-6,9H,7-8,10H2,1-2H3,(H,15,16). The topological polar surface area (TPSA) is 66.7 Å². The number of para-hydroxylation sites is 1. The number of nitrogens with zero attached hydrogens (tertiary/aromatic N) is 3. The van der Waals surface area contributed by atoms with Crippen LogP contribution >= 0.6 is 0 Å². The van der Waals surface area contributed by atoms with Crippen molar-refractivity contribution >= 4 is 26.8 Å². The average Bonchev–Trinajstić information content (AvgIpc) is 3.08. The second kappa shape index (κ2) is 5.16. The summed E-state index contributed by atoms with van der Waals surface area (Å²) < 4.78 is 28.1. The molecule has 1 aliphatic heterocycles. The Morgan fingerprint density at radius 2 is 2.10 bits per heavy atom. The molecule has 6 nitrogen and oxygen atoms in total. The predicted octanol–water partition coefficient (Wildman–Crippen LogP) is 0.893. The van der Waals surface area contributed by atoms with Gasteiger partial charge in [0.05, 0.1) is 13.1 Å². The molecule has 2 heterocycles. The normalized spacial score (nSPS) is 15.5. The van der Waals surface area contributed by atoms with Gasteiger partial charge in [-0.25, -0.2) is 12.7 Å². The molecule has 1 aromatic heterocycles. The van der Waals surface area contributed by atoms with Crippen LogP contribution in [0.5, 0.6) is 0 Å². The van der Waals surface area contributed by atoms with Crippen LogP contribution in [0.4, 0.5) is 0 Å². The van der Waals surface area contributed by atoms with Crippen LogP contribution in [0, 0.1) is 0 Å². The van der Waals surface area contributed by atoms with Crippen molar-refractivity contribution in [1.82, 2.24) is 14.2 Å². The Balaban J connectivity index is 2.14. The number of sulfonamides is 1. The maximum absolute atomic E-state index is 12.5. The maximum Gasteiger partial charge on any atom is 0.244 e. The largest absolute Gasteiger partial charge is 0.370 e. The Kier molecular flexibility index (Phi) is 3.46. The molecule has 0 saturated heterocycles. The Morgan fingerprint density at radius 1 is 1.33 bits per heavy atom. The highest BCUT2D eigenvalue weighted by Crippen LogP contribution is 2.27. The molecule has 0 radical (unpaired) electrons. The van der Waals surface area contributed by atoms with E-state index in [-0.39, 0.29) is 0 Å². The van der Waals surface area contributed by atoms with Gasteiger partial charge in [-0.1, -0.05) is 18.2 Å². The maximum atomic E-state index is 12.5. The van der Waals surface area contributed by atoms with Crippen molar-refractivity contribution in [3.8, 4) is 0 Å². The number of amidine groups is 1. The van der Waals surface area contributed by atoms with Gasteiger partial charge >= 0.3 is 0 Å². The van der Waals surface area contributed by atoms with Crippen LogP contribution in [0.15, 0.2) is 40.4 Å². The number of aliphatic imine (C=N–C) groups is 1. The van der Waals surface area contributed by atoms with Gasteiger partial charge in [0.25, 0.3) is 0 Å². The zero-order chi connectivity index (χ0) is 15.0. The lowest BCUT2D eigenvalue weighted by Gasteiger charge is -2.09. The summed E-state index contributed by atoms with van der Waals surface area (Å²) in [6, 6.07) is 7.53. The fraction of sp³-hybridized carbons (Fsp3) is 0.357. The molecule has 2 aromatic rings. The molecule has 1 aromatic carbocycles. The highest BCUT2D eigenvalue weighted by molar-refractivity contribution is 7.89. The van der Waals surface area contributed by atoms with Crippen molar-refractivity contribution in [2.75, 3.05) is 27.2 Å².